The second-order valence-corrected chi connectivity index (χ2v) is 8.20. The predicted molar refractivity (Wildman–Crippen MR) is 117 cm³/mol. The van der Waals surface area contributed by atoms with Crippen LogP contribution in [0.1, 0.15) is 34.6 Å². The Morgan fingerprint density at radius 1 is 1.21 bits per heavy atom. The molecule has 2 atom stereocenters. The molecule has 1 amide bonds. The fraction of sp³-hybridized carbons (Fsp3) is 0.273. The van der Waals surface area contributed by atoms with Crippen LogP contribution in [0.5, 0.6) is 17.2 Å². The first-order chi connectivity index (χ1) is 16.2. The van der Waals surface area contributed by atoms with E-state index in [0.29, 0.717) is 27.8 Å². The number of anilines is 2. The third-order valence-corrected chi connectivity index (χ3v) is 5.87. The van der Waals surface area contributed by atoms with Crippen LogP contribution in [0.25, 0.3) is 0 Å². The van der Waals surface area contributed by atoms with Crippen molar-refractivity contribution in [3.8, 4) is 17.2 Å². The van der Waals surface area contributed by atoms with Crippen molar-refractivity contribution in [3.05, 3.63) is 58.7 Å². The minimum atomic E-state index is -4.58. The lowest BCUT2D eigenvalue weighted by atomic mass is 9.96. The summed E-state index contributed by atoms with van der Waals surface area (Å²) in [5, 5.41) is 9.96. The fourth-order valence-corrected chi connectivity index (χ4v) is 4.17. The normalized spacial score (nSPS) is 18.7. The molecule has 5 rings (SSSR count). The zero-order valence-electron chi connectivity index (χ0n) is 17.6. The number of carbonyl (C=O) groups excluding carboxylic acids is 1. The van der Waals surface area contributed by atoms with E-state index in [2.05, 4.69) is 15.7 Å². The van der Waals surface area contributed by atoms with E-state index in [9.17, 15) is 18.0 Å². The summed E-state index contributed by atoms with van der Waals surface area (Å²) in [5.74, 6) is 0.713. The van der Waals surface area contributed by atoms with Crippen molar-refractivity contribution in [2.75, 3.05) is 24.5 Å². The largest absolute Gasteiger partial charge is 0.495 e. The predicted octanol–water partition coefficient (Wildman–Crippen LogP) is 5.19. The molecule has 0 saturated carbocycles. The van der Waals surface area contributed by atoms with Gasteiger partial charge < -0.3 is 24.8 Å². The van der Waals surface area contributed by atoms with Crippen LogP contribution in [0.4, 0.5) is 24.7 Å². The Morgan fingerprint density at radius 2 is 2.00 bits per heavy atom. The number of rotatable bonds is 4. The van der Waals surface area contributed by atoms with Crippen molar-refractivity contribution in [2.45, 2.75) is 24.7 Å². The number of methoxy groups -OCH3 is 1. The van der Waals surface area contributed by atoms with Gasteiger partial charge in [-0.05, 0) is 35.9 Å². The molecule has 2 aliphatic heterocycles. The molecule has 0 radical (unpaired) electrons. The third kappa shape index (κ3) is 4.07. The molecule has 1 aromatic heterocycles. The van der Waals surface area contributed by atoms with Crippen LogP contribution < -0.4 is 24.8 Å². The number of hydrogen-bond acceptors (Lipinski definition) is 6. The van der Waals surface area contributed by atoms with Crippen molar-refractivity contribution in [2.24, 2.45) is 0 Å². The number of aromatic nitrogens is 2. The molecule has 2 aromatic carbocycles. The SMILES string of the molecule is COc1ccc(Cl)cc1NC(=O)c1cc2n(n1)[C@H](C(F)(F)F)C[C@H](c1ccc3c(c1)OCO3)N2. The molecule has 34 heavy (non-hydrogen) atoms. The lowest BCUT2D eigenvalue weighted by Crippen LogP contribution is -2.35. The number of hydrogen-bond donors (Lipinski definition) is 2. The summed E-state index contributed by atoms with van der Waals surface area (Å²) in [6, 6.07) is 8.28. The molecule has 8 nitrogen and oxygen atoms in total. The first-order valence-corrected chi connectivity index (χ1v) is 10.6. The van der Waals surface area contributed by atoms with E-state index >= 15 is 0 Å². The average molecular weight is 495 g/mol. The van der Waals surface area contributed by atoms with E-state index in [1.54, 1.807) is 30.3 Å². The molecular formula is C22H18ClF3N4O4. The highest BCUT2D eigenvalue weighted by Gasteiger charge is 2.47. The van der Waals surface area contributed by atoms with E-state index < -0.39 is 24.2 Å². The van der Waals surface area contributed by atoms with Crippen LogP contribution in [-0.4, -0.2) is 35.8 Å². The summed E-state index contributed by atoms with van der Waals surface area (Å²) < 4.78 is 58.5. The maximum absolute atomic E-state index is 14.0. The van der Waals surface area contributed by atoms with Crippen LogP contribution in [0, 0.1) is 0 Å². The summed E-state index contributed by atoms with van der Waals surface area (Å²) in [4.78, 5) is 12.8. The molecule has 2 N–H and O–H groups in total. The Bertz CT molecular complexity index is 1260. The van der Waals surface area contributed by atoms with E-state index in [1.165, 1.54) is 19.2 Å². The van der Waals surface area contributed by atoms with Gasteiger partial charge in [0, 0.05) is 17.5 Å². The number of carbonyl (C=O) groups is 1. The van der Waals surface area contributed by atoms with Crippen LogP contribution in [-0.2, 0) is 0 Å². The van der Waals surface area contributed by atoms with E-state index in [0.717, 1.165) is 4.68 Å². The summed E-state index contributed by atoms with van der Waals surface area (Å²) in [6.07, 6.45) is -4.90. The Kier molecular flexibility index (Phi) is 5.43. The van der Waals surface area contributed by atoms with Crippen molar-refractivity contribution < 1.29 is 32.2 Å². The van der Waals surface area contributed by atoms with Crippen LogP contribution >= 0.6 is 11.6 Å². The van der Waals surface area contributed by atoms with Gasteiger partial charge >= 0.3 is 6.18 Å². The number of benzene rings is 2. The topological polar surface area (TPSA) is 86.6 Å². The maximum atomic E-state index is 14.0. The summed E-state index contributed by atoms with van der Waals surface area (Å²) >= 11 is 5.99. The van der Waals surface area contributed by atoms with Gasteiger partial charge in [0.2, 0.25) is 6.79 Å². The van der Waals surface area contributed by atoms with Crippen LogP contribution in [0.3, 0.4) is 0 Å². The number of amides is 1. The summed E-state index contributed by atoms with van der Waals surface area (Å²) in [7, 11) is 1.42. The van der Waals surface area contributed by atoms with Gasteiger partial charge in [0.05, 0.1) is 18.8 Å². The van der Waals surface area contributed by atoms with Crippen molar-refractivity contribution in [1.82, 2.24) is 9.78 Å². The highest BCUT2D eigenvalue weighted by molar-refractivity contribution is 6.31. The van der Waals surface area contributed by atoms with Crippen LogP contribution in [0.15, 0.2) is 42.5 Å². The Labute approximate surface area is 196 Å². The van der Waals surface area contributed by atoms with Gasteiger partial charge in [0.1, 0.15) is 11.6 Å². The molecule has 0 aliphatic carbocycles. The molecule has 2 aliphatic rings. The first kappa shape index (κ1) is 22.2. The Morgan fingerprint density at radius 3 is 2.76 bits per heavy atom. The number of alkyl halides is 3. The van der Waals surface area contributed by atoms with E-state index in [1.807, 2.05) is 0 Å². The maximum Gasteiger partial charge on any atom is 0.410 e. The second kappa shape index (κ2) is 8.32. The molecule has 0 unspecified atom stereocenters. The average Bonchev–Trinajstić information content (AvgIpc) is 3.44. The molecule has 3 aromatic rings. The highest BCUT2D eigenvalue weighted by atomic mass is 35.5. The van der Waals surface area contributed by atoms with Crippen LogP contribution in [0.2, 0.25) is 5.02 Å². The lowest BCUT2D eigenvalue weighted by molar-refractivity contribution is -0.173. The molecule has 0 fully saturated rings. The zero-order chi connectivity index (χ0) is 24.0. The number of ether oxygens (including phenoxy) is 3. The molecular weight excluding hydrogens is 477 g/mol. The highest BCUT2D eigenvalue weighted by Crippen LogP contribution is 2.45. The smallest absolute Gasteiger partial charge is 0.410 e. The lowest BCUT2D eigenvalue weighted by Gasteiger charge is -2.33. The summed E-state index contributed by atoms with van der Waals surface area (Å²) in [6.45, 7) is 0.0602. The van der Waals surface area contributed by atoms with E-state index in [-0.39, 0.29) is 30.4 Å². The Balaban J connectivity index is 1.45. The van der Waals surface area contributed by atoms with Crippen molar-refractivity contribution in [1.29, 1.82) is 0 Å². The minimum absolute atomic E-state index is 0.0602. The van der Waals surface area contributed by atoms with Gasteiger partial charge in [-0.15, -0.1) is 0 Å². The fourth-order valence-electron chi connectivity index (χ4n) is 4.00. The molecule has 12 heteroatoms. The van der Waals surface area contributed by atoms with E-state index in [4.69, 9.17) is 25.8 Å². The Hall–Kier alpha value is -3.60. The monoisotopic (exact) mass is 494 g/mol. The number of halogens is 4. The zero-order valence-corrected chi connectivity index (χ0v) is 18.4. The van der Waals surface area contributed by atoms with Gasteiger partial charge in [0.15, 0.2) is 23.2 Å². The standard InChI is InChI=1S/C22H18ClF3N4O4/c1-32-16-5-3-12(23)7-14(16)28-21(31)15-9-20-27-13(8-19(22(24,25)26)30(20)29-15)11-2-4-17-18(6-11)34-10-33-17/h2-7,9,13,19,27H,8,10H2,1H3,(H,28,31)/t13-,19+/m1/s1. The number of nitrogens with zero attached hydrogens (tertiary/aromatic N) is 2. The van der Waals surface area contributed by atoms with Gasteiger partial charge in [0.25, 0.3) is 5.91 Å². The van der Waals surface area contributed by atoms with Crippen molar-refractivity contribution in [3.63, 3.8) is 0 Å². The number of nitrogens with one attached hydrogen (secondary N) is 2. The minimum Gasteiger partial charge on any atom is -0.495 e. The van der Waals surface area contributed by atoms with Gasteiger partial charge in [-0.3, -0.25) is 4.79 Å². The third-order valence-electron chi connectivity index (χ3n) is 5.63. The summed E-state index contributed by atoms with van der Waals surface area (Å²) in [5.41, 5.74) is 0.676. The van der Waals surface area contributed by atoms with Gasteiger partial charge in [-0.1, -0.05) is 17.7 Å². The molecule has 0 spiro atoms. The molecule has 0 saturated heterocycles. The van der Waals surface area contributed by atoms with Gasteiger partial charge in [-0.25, -0.2) is 4.68 Å². The first-order valence-electron chi connectivity index (χ1n) is 10.2. The molecule has 3 heterocycles. The molecule has 178 valence electrons. The molecule has 0 bridgehead atoms. The van der Waals surface area contributed by atoms with Crippen molar-refractivity contribution >= 4 is 29.0 Å². The second-order valence-electron chi connectivity index (χ2n) is 7.76. The number of fused-ring (bicyclic) bond motifs is 2. The quantitative estimate of drug-likeness (QED) is 0.519. The van der Waals surface area contributed by atoms with Gasteiger partial charge in [-0.2, -0.15) is 18.3 Å².